The van der Waals surface area contributed by atoms with Crippen molar-refractivity contribution in [1.29, 1.82) is 0 Å². The van der Waals surface area contributed by atoms with Crippen molar-refractivity contribution in [2.45, 2.75) is 6.92 Å². The monoisotopic (exact) mass is 248 g/mol. The Hall–Kier alpha value is -2.04. The highest BCUT2D eigenvalue weighted by molar-refractivity contribution is 5.93. The van der Waals surface area contributed by atoms with Crippen LogP contribution in [0.4, 0.5) is 5.69 Å². The Labute approximate surface area is 105 Å². The zero-order chi connectivity index (χ0) is 13.3. The molecule has 0 spiro atoms. The third-order valence-electron chi connectivity index (χ3n) is 3.45. The number of hydrogen-bond donors (Lipinski definition) is 2. The summed E-state index contributed by atoms with van der Waals surface area (Å²) in [6.07, 6.45) is 0. The Balaban J connectivity index is 2.14. The van der Waals surface area contributed by atoms with Gasteiger partial charge in [0.05, 0.1) is 5.92 Å². The third-order valence-corrected chi connectivity index (χ3v) is 3.45. The van der Waals surface area contributed by atoms with Gasteiger partial charge in [-0.2, -0.15) is 0 Å². The first-order chi connectivity index (χ1) is 8.49. The first-order valence-electron chi connectivity index (χ1n) is 5.86. The quantitative estimate of drug-likeness (QED) is 0.834. The number of primary amides is 1. The molecule has 1 aromatic rings. The molecule has 2 rings (SSSR count). The topological polar surface area (TPSA) is 83.6 Å². The number of amides is 1. The summed E-state index contributed by atoms with van der Waals surface area (Å²) in [4.78, 5) is 24.0. The maximum Gasteiger partial charge on any atom is 0.308 e. The number of nitrogens with two attached hydrogens (primary N) is 1. The number of hydrogen-bond acceptors (Lipinski definition) is 3. The second-order valence-corrected chi connectivity index (χ2v) is 4.74. The summed E-state index contributed by atoms with van der Waals surface area (Å²) < 4.78 is 0. The van der Waals surface area contributed by atoms with Crippen LogP contribution in [0.3, 0.4) is 0 Å². The van der Waals surface area contributed by atoms with Gasteiger partial charge in [0, 0.05) is 24.3 Å². The van der Waals surface area contributed by atoms with Crippen molar-refractivity contribution in [1.82, 2.24) is 0 Å². The van der Waals surface area contributed by atoms with Crippen LogP contribution in [0, 0.1) is 11.8 Å². The molecule has 3 N–H and O–H groups in total. The van der Waals surface area contributed by atoms with Crippen molar-refractivity contribution in [3.8, 4) is 0 Å². The fourth-order valence-corrected chi connectivity index (χ4v) is 2.34. The van der Waals surface area contributed by atoms with Gasteiger partial charge in [0.2, 0.25) is 5.91 Å². The highest BCUT2D eigenvalue weighted by atomic mass is 16.4. The Morgan fingerprint density at radius 1 is 1.28 bits per heavy atom. The second-order valence-electron chi connectivity index (χ2n) is 4.74. The van der Waals surface area contributed by atoms with Gasteiger partial charge in [-0.25, -0.2) is 0 Å². The van der Waals surface area contributed by atoms with E-state index >= 15 is 0 Å². The van der Waals surface area contributed by atoms with Gasteiger partial charge >= 0.3 is 5.97 Å². The molecule has 1 saturated heterocycles. The molecule has 1 amide bonds. The molecule has 0 bridgehead atoms. The minimum absolute atomic E-state index is 0.123. The van der Waals surface area contributed by atoms with Crippen LogP contribution in [0.2, 0.25) is 0 Å². The second kappa shape index (κ2) is 4.68. The van der Waals surface area contributed by atoms with E-state index in [4.69, 9.17) is 10.8 Å². The van der Waals surface area contributed by atoms with Crippen molar-refractivity contribution in [3.63, 3.8) is 0 Å². The molecule has 0 radical (unpaired) electrons. The molecule has 2 unspecified atom stereocenters. The normalized spacial score (nSPS) is 23.1. The third kappa shape index (κ3) is 2.30. The molecule has 1 aliphatic rings. The summed E-state index contributed by atoms with van der Waals surface area (Å²) in [7, 11) is 0. The standard InChI is InChI=1S/C13H16N2O3/c1-8-6-15(7-11(8)13(17)18)10-4-2-9(3-5-10)12(14)16/h2-5,8,11H,6-7H2,1H3,(H2,14,16)(H,17,18). The van der Waals surface area contributed by atoms with E-state index in [2.05, 4.69) is 0 Å². The minimum Gasteiger partial charge on any atom is -0.481 e. The van der Waals surface area contributed by atoms with Crippen molar-refractivity contribution in [2.75, 3.05) is 18.0 Å². The van der Waals surface area contributed by atoms with E-state index < -0.39 is 11.9 Å². The molecule has 5 nitrogen and oxygen atoms in total. The van der Waals surface area contributed by atoms with E-state index in [0.29, 0.717) is 18.7 Å². The highest BCUT2D eigenvalue weighted by Crippen LogP contribution is 2.28. The fourth-order valence-electron chi connectivity index (χ4n) is 2.34. The number of carbonyl (C=O) groups excluding carboxylic acids is 1. The number of carboxylic acids is 1. The van der Waals surface area contributed by atoms with Crippen LogP contribution in [0.5, 0.6) is 0 Å². The molecule has 0 saturated carbocycles. The van der Waals surface area contributed by atoms with Crippen molar-refractivity contribution >= 4 is 17.6 Å². The van der Waals surface area contributed by atoms with Crippen molar-refractivity contribution in [2.24, 2.45) is 17.6 Å². The maximum atomic E-state index is 11.0. The number of nitrogens with zero attached hydrogens (tertiary/aromatic N) is 1. The summed E-state index contributed by atoms with van der Waals surface area (Å²) >= 11 is 0. The predicted octanol–water partition coefficient (Wildman–Crippen LogP) is 0.942. The molecule has 1 aromatic carbocycles. The van der Waals surface area contributed by atoms with E-state index in [1.54, 1.807) is 24.3 Å². The molecule has 1 aliphatic heterocycles. The number of rotatable bonds is 3. The van der Waals surface area contributed by atoms with Gasteiger partial charge in [0.15, 0.2) is 0 Å². The van der Waals surface area contributed by atoms with Crippen molar-refractivity contribution in [3.05, 3.63) is 29.8 Å². The number of carbonyl (C=O) groups is 2. The molecular weight excluding hydrogens is 232 g/mol. The first kappa shape index (κ1) is 12.4. The van der Waals surface area contributed by atoms with Gasteiger partial charge in [-0.05, 0) is 30.2 Å². The van der Waals surface area contributed by atoms with Gasteiger partial charge in [-0.1, -0.05) is 6.92 Å². The number of aliphatic carboxylic acids is 1. The Morgan fingerprint density at radius 3 is 2.33 bits per heavy atom. The van der Waals surface area contributed by atoms with E-state index in [0.717, 1.165) is 5.69 Å². The van der Waals surface area contributed by atoms with Gasteiger partial charge in [0.1, 0.15) is 0 Å². The molecule has 1 fully saturated rings. The zero-order valence-electron chi connectivity index (χ0n) is 10.2. The van der Waals surface area contributed by atoms with E-state index in [1.165, 1.54) is 0 Å². The summed E-state index contributed by atoms with van der Waals surface area (Å²) in [6.45, 7) is 3.16. The van der Waals surface area contributed by atoms with E-state index in [-0.39, 0.29) is 11.8 Å². The van der Waals surface area contributed by atoms with Crippen molar-refractivity contribution < 1.29 is 14.7 Å². The van der Waals surface area contributed by atoms with Gasteiger partial charge < -0.3 is 15.7 Å². The molecule has 2 atom stereocenters. The van der Waals surface area contributed by atoms with Crippen LogP contribution < -0.4 is 10.6 Å². The summed E-state index contributed by atoms with van der Waals surface area (Å²) in [5.41, 5.74) is 6.56. The Bertz CT molecular complexity index is 470. The van der Waals surface area contributed by atoms with E-state index in [1.807, 2.05) is 11.8 Å². The lowest BCUT2D eigenvalue weighted by atomic mass is 9.99. The zero-order valence-corrected chi connectivity index (χ0v) is 10.2. The average Bonchev–Trinajstić information content (AvgIpc) is 2.71. The summed E-state index contributed by atoms with van der Waals surface area (Å²) in [6, 6.07) is 6.93. The van der Waals surface area contributed by atoms with Crippen LogP contribution in [-0.2, 0) is 4.79 Å². The molecule has 5 heteroatoms. The largest absolute Gasteiger partial charge is 0.481 e. The lowest BCUT2D eigenvalue weighted by molar-refractivity contribution is -0.142. The summed E-state index contributed by atoms with van der Waals surface area (Å²) in [5.74, 6) is -1.42. The molecule has 0 aromatic heterocycles. The number of anilines is 1. The SMILES string of the molecule is CC1CN(c2ccc(C(N)=O)cc2)CC1C(=O)O. The van der Waals surface area contributed by atoms with Gasteiger partial charge in [-0.15, -0.1) is 0 Å². The molecule has 18 heavy (non-hydrogen) atoms. The first-order valence-corrected chi connectivity index (χ1v) is 5.86. The Morgan fingerprint density at radius 2 is 1.89 bits per heavy atom. The molecule has 96 valence electrons. The Kier molecular flexibility index (Phi) is 3.23. The molecule has 1 heterocycles. The van der Waals surface area contributed by atoms with Crippen LogP contribution in [0.15, 0.2) is 24.3 Å². The lowest BCUT2D eigenvalue weighted by Gasteiger charge is -2.18. The number of carboxylic acid groups (broad SMARTS) is 1. The van der Waals surface area contributed by atoms with Crippen LogP contribution in [-0.4, -0.2) is 30.1 Å². The van der Waals surface area contributed by atoms with E-state index in [9.17, 15) is 9.59 Å². The highest BCUT2D eigenvalue weighted by Gasteiger charge is 2.34. The van der Waals surface area contributed by atoms with Crippen LogP contribution in [0.25, 0.3) is 0 Å². The number of benzene rings is 1. The summed E-state index contributed by atoms with van der Waals surface area (Å²) in [5, 5.41) is 9.08. The fraction of sp³-hybridized carbons (Fsp3) is 0.385. The maximum absolute atomic E-state index is 11.0. The lowest BCUT2D eigenvalue weighted by Crippen LogP contribution is -2.23. The smallest absolute Gasteiger partial charge is 0.308 e. The van der Waals surface area contributed by atoms with Crippen LogP contribution >= 0.6 is 0 Å². The van der Waals surface area contributed by atoms with Gasteiger partial charge in [0.25, 0.3) is 0 Å². The minimum atomic E-state index is -0.751. The van der Waals surface area contributed by atoms with Gasteiger partial charge in [-0.3, -0.25) is 9.59 Å². The molecule has 0 aliphatic carbocycles. The predicted molar refractivity (Wildman–Crippen MR) is 67.5 cm³/mol. The van der Waals surface area contributed by atoms with Crippen LogP contribution in [0.1, 0.15) is 17.3 Å². The average molecular weight is 248 g/mol. The molecular formula is C13H16N2O3.